The molecule has 1 unspecified atom stereocenters. The lowest BCUT2D eigenvalue weighted by atomic mass is 9.71. The summed E-state index contributed by atoms with van der Waals surface area (Å²) in [6.45, 7) is 0.317. The van der Waals surface area contributed by atoms with Gasteiger partial charge in [-0.2, -0.15) is 0 Å². The molecular weight excluding hydrogens is 271 g/mol. The van der Waals surface area contributed by atoms with Crippen molar-refractivity contribution < 1.29 is 19.0 Å². The number of carbonyl (C=O) groups is 1. The Morgan fingerprint density at radius 2 is 1.90 bits per heavy atom. The number of halogens is 1. The van der Waals surface area contributed by atoms with Gasteiger partial charge >= 0.3 is 5.97 Å². The zero-order valence-electron chi connectivity index (χ0n) is 11.4. The van der Waals surface area contributed by atoms with E-state index in [4.69, 9.17) is 4.74 Å². The van der Waals surface area contributed by atoms with E-state index >= 15 is 0 Å². The Labute approximate surface area is 122 Å². The van der Waals surface area contributed by atoms with Gasteiger partial charge in [-0.25, -0.2) is 4.39 Å². The maximum Gasteiger partial charge on any atom is 0.314 e. The van der Waals surface area contributed by atoms with E-state index in [1.807, 2.05) is 0 Å². The normalized spacial score (nSPS) is 20.4. The molecule has 2 aromatic rings. The molecular formula is C17H15FO3. The molecule has 0 saturated heterocycles. The Hall–Kier alpha value is -2.36. The van der Waals surface area contributed by atoms with E-state index in [9.17, 15) is 14.3 Å². The molecule has 21 heavy (non-hydrogen) atoms. The van der Waals surface area contributed by atoms with Crippen molar-refractivity contribution in [1.29, 1.82) is 0 Å². The predicted molar refractivity (Wildman–Crippen MR) is 76.0 cm³/mol. The van der Waals surface area contributed by atoms with Crippen LogP contribution in [0.1, 0.15) is 17.5 Å². The Morgan fingerprint density at radius 3 is 2.67 bits per heavy atom. The summed E-state index contributed by atoms with van der Waals surface area (Å²) < 4.78 is 19.5. The van der Waals surface area contributed by atoms with Gasteiger partial charge in [0.1, 0.15) is 17.0 Å². The van der Waals surface area contributed by atoms with Gasteiger partial charge < -0.3 is 9.84 Å². The van der Waals surface area contributed by atoms with E-state index in [0.29, 0.717) is 29.9 Å². The van der Waals surface area contributed by atoms with Crippen LogP contribution in [0.4, 0.5) is 4.39 Å². The Kier molecular flexibility index (Phi) is 3.37. The molecule has 0 aromatic heterocycles. The highest BCUT2D eigenvalue weighted by Crippen LogP contribution is 2.41. The first-order valence-electron chi connectivity index (χ1n) is 6.82. The molecule has 1 N–H and O–H groups in total. The molecule has 0 fully saturated rings. The van der Waals surface area contributed by atoms with Crippen molar-refractivity contribution in [2.75, 3.05) is 6.61 Å². The number of benzene rings is 2. The molecule has 0 amide bonds. The van der Waals surface area contributed by atoms with Gasteiger partial charge in [-0.1, -0.05) is 36.4 Å². The van der Waals surface area contributed by atoms with Crippen LogP contribution in [0.25, 0.3) is 0 Å². The van der Waals surface area contributed by atoms with E-state index in [-0.39, 0.29) is 12.2 Å². The van der Waals surface area contributed by atoms with Gasteiger partial charge in [0.15, 0.2) is 0 Å². The molecule has 0 spiro atoms. The standard InChI is InChI=1S/C17H15FO3/c18-14-7-3-1-5-12(14)11-17(16(19)20)9-10-21-15-8-4-2-6-13(15)17/h1-8H,9-11H2,(H,19,20). The highest BCUT2D eigenvalue weighted by molar-refractivity contribution is 5.83. The van der Waals surface area contributed by atoms with E-state index < -0.39 is 11.4 Å². The maximum atomic E-state index is 13.9. The van der Waals surface area contributed by atoms with Crippen LogP contribution in [0.15, 0.2) is 48.5 Å². The van der Waals surface area contributed by atoms with Gasteiger partial charge in [0, 0.05) is 12.0 Å². The number of aliphatic carboxylic acids is 1. The van der Waals surface area contributed by atoms with Crippen molar-refractivity contribution in [1.82, 2.24) is 0 Å². The zero-order valence-corrected chi connectivity index (χ0v) is 11.4. The van der Waals surface area contributed by atoms with Gasteiger partial charge in [-0.05, 0) is 24.1 Å². The molecule has 3 nitrogen and oxygen atoms in total. The molecule has 1 heterocycles. The van der Waals surface area contributed by atoms with Gasteiger partial charge in [-0.3, -0.25) is 4.79 Å². The number of hydrogen-bond donors (Lipinski definition) is 1. The number of hydrogen-bond acceptors (Lipinski definition) is 2. The van der Waals surface area contributed by atoms with Crippen LogP contribution in [0, 0.1) is 5.82 Å². The summed E-state index contributed by atoms with van der Waals surface area (Å²) in [5.41, 5.74) is -0.111. The Balaban J connectivity index is 2.11. The molecule has 0 radical (unpaired) electrons. The molecule has 3 rings (SSSR count). The Morgan fingerprint density at radius 1 is 1.19 bits per heavy atom. The predicted octanol–water partition coefficient (Wildman–Crippen LogP) is 3.17. The summed E-state index contributed by atoms with van der Waals surface area (Å²) in [6.07, 6.45) is 0.447. The lowest BCUT2D eigenvalue weighted by Crippen LogP contribution is -2.42. The van der Waals surface area contributed by atoms with Gasteiger partial charge in [0.25, 0.3) is 0 Å². The molecule has 0 bridgehead atoms. The molecule has 0 saturated carbocycles. The van der Waals surface area contributed by atoms with E-state index in [1.54, 1.807) is 42.5 Å². The minimum absolute atomic E-state index is 0.120. The first-order valence-corrected chi connectivity index (χ1v) is 6.82. The molecule has 0 aliphatic carbocycles. The number of rotatable bonds is 3. The monoisotopic (exact) mass is 286 g/mol. The van der Waals surface area contributed by atoms with E-state index in [2.05, 4.69) is 0 Å². The summed E-state index contributed by atoms with van der Waals surface area (Å²) in [4.78, 5) is 12.0. The topological polar surface area (TPSA) is 46.5 Å². The fourth-order valence-electron chi connectivity index (χ4n) is 2.91. The third-order valence-corrected chi connectivity index (χ3v) is 4.05. The van der Waals surface area contributed by atoms with Crippen molar-refractivity contribution >= 4 is 5.97 Å². The number of carboxylic acid groups (broad SMARTS) is 1. The second-order valence-electron chi connectivity index (χ2n) is 5.25. The summed E-state index contributed by atoms with van der Waals surface area (Å²) >= 11 is 0. The highest BCUT2D eigenvalue weighted by atomic mass is 19.1. The molecule has 1 atom stereocenters. The number of para-hydroxylation sites is 1. The minimum Gasteiger partial charge on any atom is -0.493 e. The van der Waals surface area contributed by atoms with E-state index in [1.165, 1.54) is 6.07 Å². The largest absolute Gasteiger partial charge is 0.493 e. The molecule has 4 heteroatoms. The maximum absolute atomic E-state index is 13.9. The van der Waals surface area contributed by atoms with Crippen LogP contribution in [0.5, 0.6) is 5.75 Å². The third-order valence-electron chi connectivity index (χ3n) is 4.05. The first kappa shape index (κ1) is 13.6. The summed E-state index contributed by atoms with van der Waals surface area (Å²) in [5, 5.41) is 9.81. The average molecular weight is 286 g/mol. The van der Waals surface area contributed by atoms with Gasteiger partial charge in [0.2, 0.25) is 0 Å². The fraction of sp³-hybridized carbons (Fsp3) is 0.235. The molecule has 1 aliphatic heterocycles. The van der Waals surface area contributed by atoms with Crippen molar-refractivity contribution in [3.8, 4) is 5.75 Å². The van der Waals surface area contributed by atoms with Crippen molar-refractivity contribution in [2.24, 2.45) is 0 Å². The van der Waals surface area contributed by atoms with Crippen LogP contribution < -0.4 is 4.74 Å². The number of ether oxygens (including phenoxy) is 1. The van der Waals surface area contributed by atoms with Crippen molar-refractivity contribution in [2.45, 2.75) is 18.3 Å². The van der Waals surface area contributed by atoms with Crippen LogP contribution in [-0.2, 0) is 16.6 Å². The lowest BCUT2D eigenvalue weighted by Gasteiger charge is -2.35. The zero-order chi connectivity index (χ0) is 14.9. The summed E-state index contributed by atoms with van der Waals surface area (Å²) in [7, 11) is 0. The molecule has 1 aliphatic rings. The van der Waals surface area contributed by atoms with E-state index in [0.717, 1.165) is 0 Å². The SMILES string of the molecule is O=C(O)C1(Cc2ccccc2F)CCOc2ccccc21. The fourth-order valence-corrected chi connectivity index (χ4v) is 2.91. The van der Waals surface area contributed by atoms with Gasteiger partial charge in [0.05, 0.1) is 6.61 Å². The van der Waals surface area contributed by atoms with Crippen LogP contribution in [-0.4, -0.2) is 17.7 Å². The molecule has 108 valence electrons. The van der Waals surface area contributed by atoms with Crippen molar-refractivity contribution in [3.63, 3.8) is 0 Å². The number of fused-ring (bicyclic) bond motifs is 1. The average Bonchev–Trinajstić information content (AvgIpc) is 2.49. The smallest absolute Gasteiger partial charge is 0.314 e. The summed E-state index contributed by atoms with van der Waals surface area (Å²) in [5.74, 6) is -0.744. The third kappa shape index (κ3) is 2.27. The second-order valence-corrected chi connectivity index (χ2v) is 5.25. The summed E-state index contributed by atoms with van der Waals surface area (Å²) in [6, 6.07) is 13.4. The van der Waals surface area contributed by atoms with Crippen LogP contribution in [0.2, 0.25) is 0 Å². The van der Waals surface area contributed by atoms with Gasteiger partial charge in [-0.15, -0.1) is 0 Å². The first-order chi connectivity index (χ1) is 10.1. The van der Waals surface area contributed by atoms with Crippen LogP contribution >= 0.6 is 0 Å². The Bertz CT molecular complexity index is 683. The molecule has 2 aromatic carbocycles. The lowest BCUT2D eigenvalue weighted by molar-refractivity contribution is -0.145. The second kappa shape index (κ2) is 5.20. The van der Waals surface area contributed by atoms with Crippen molar-refractivity contribution in [3.05, 3.63) is 65.5 Å². The number of carboxylic acids is 1. The quantitative estimate of drug-likeness (QED) is 0.942. The minimum atomic E-state index is -1.14. The van der Waals surface area contributed by atoms with Crippen LogP contribution in [0.3, 0.4) is 0 Å². The highest BCUT2D eigenvalue weighted by Gasteiger charge is 2.45.